The van der Waals surface area contributed by atoms with Gasteiger partial charge in [0.2, 0.25) is 5.56 Å². The second-order valence-corrected chi connectivity index (χ2v) is 5.39. The number of hydrogen-bond donors (Lipinski definition) is 0. The quantitative estimate of drug-likeness (QED) is 0.837. The van der Waals surface area contributed by atoms with Gasteiger partial charge in [-0.15, -0.1) is 0 Å². The largest absolute Gasteiger partial charge is 0.372 e. The van der Waals surface area contributed by atoms with Gasteiger partial charge in [-0.05, 0) is 54.7 Å². The van der Waals surface area contributed by atoms with Crippen molar-refractivity contribution in [2.75, 3.05) is 18.0 Å². The Morgan fingerprint density at radius 1 is 1.15 bits per heavy atom. The summed E-state index contributed by atoms with van der Waals surface area (Å²) in [5, 5.41) is 0. The summed E-state index contributed by atoms with van der Waals surface area (Å²) in [5.41, 5.74) is 5.11. The van der Waals surface area contributed by atoms with Crippen LogP contribution in [0, 0.1) is 0 Å². The molecular formula is C17H20N2O. The lowest BCUT2D eigenvalue weighted by atomic mass is 9.97. The van der Waals surface area contributed by atoms with Gasteiger partial charge in [-0.2, -0.15) is 0 Å². The number of aryl methyl sites for hydroxylation is 2. The Labute approximate surface area is 119 Å². The number of nitrogens with zero attached hydrogens (tertiary/aromatic N) is 2. The van der Waals surface area contributed by atoms with Crippen LogP contribution in [-0.2, 0) is 13.5 Å². The highest BCUT2D eigenvalue weighted by Gasteiger charge is 2.15. The molecule has 0 aliphatic carbocycles. The monoisotopic (exact) mass is 268 g/mol. The maximum Gasteiger partial charge on any atom is 0.250 e. The predicted octanol–water partition coefficient (Wildman–Crippen LogP) is 2.82. The van der Waals surface area contributed by atoms with Gasteiger partial charge in [0.15, 0.2) is 0 Å². The van der Waals surface area contributed by atoms with Gasteiger partial charge in [0.05, 0.1) is 0 Å². The Hall–Kier alpha value is -2.03. The molecule has 1 aromatic heterocycles. The molecule has 104 valence electrons. The predicted molar refractivity (Wildman–Crippen MR) is 83.3 cm³/mol. The number of anilines is 1. The van der Waals surface area contributed by atoms with Crippen LogP contribution in [0.3, 0.4) is 0 Å². The summed E-state index contributed by atoms with van der Waals surface area (Å²) < 4.78 is 1.63. The Kier molecular flexibility index (Phi) is 3.35. The third-order valence-electron chi connectivity index (χ3n) is 4.10. The molecular weight excluding hydrogens is 248 g/mol. The Bertz CT molecular complexity index is 688. The molecule has 2 heterocycles. The summed E-state index contributed by atoms with van der Waals surface area (Å²) in [5.74, 6) is 0. The van der Waals surface area contributed by atoms with Crippen molar-refractivity contribution >= 4 is 5.69 Å². The second-order valence-electron chi connectivity index (χ2n) is 5.39. The minimum Gasteiger partial charge on any atom is -0.372 e. The molecule has 0 atom stereocenters. The minimum absolute atomic E-state index is 0.0314. The third kappa shape index (κ3) is 2.24. The van der Waals surface area contributed by atoms with Crippen LogP contribution in [0.4, 0.5) is 5.69 Å². The number of hydrogen-bond acceptors (Lipinski definition) is 2. The molecule has 0 saturated heterocycles. The van der Waals surface area contributed by atoms with Gasteiger partial charge in [0.25, 0.3) is 0 Å². The molecule has 0 unspecified atom stereocenters. The van der Waals surface area contributed by atoms with Crippen LogP contribution in [0.2, 0.25) is 0 Å². The van der Waals surface area contributed by atoms with Crippen molar-refractivity contribution < 1.29 is 0 Å². The molecule has 20 heavy (non-hydrogen) atoms. The average Bonchev–Trinajstić information content (AvgIpc) is 2.48. The number of benzene rings is 1. The first-order valence-corrected chi connectivity index (χ1v) is 7.24. The molecule has 3 rings (SSSR count). The van der Waals surface area contributed by atoms with Crippen molar-refractivity contribution in [3.63, 3.8) is 0 Å². The van der Waals surface area contributed by atoms with Crippen LogP contribution in [-0.4, -0.2) is 17.7 Å². The molecule has 1 aliphatic rings. The highest BCUT2D eigenvalue weighted by Crippen LogP contribution is 2.31. The second kappa shape index (κ2) is 5.16. The fourth-order valence-corrected chi connectivity index (χ4v) is 2.95. The maximum absolute atomic E-state index is 11.5. The first kappa shape index (κ1) is 13.0. The number of pyridine rings is 1. The van der Waals surface area contributed by atoms with Crippen molar-refractivity contribution in [2.45, 2.75) is 19.8 Å². The Morgan fingerprint density at radius 3 is 2.70 bits per heavy atom. The van der Waals surface area contributed by atoms with E-state index in [0.717, 1.165) is 25.1 Å². The fourth-order valence-electron chi connectivity index (χ4n) is 2.95. The van der Waals surface area contributed by atoms with Gasteiger partial charge in [-0.1, -0.05) is 6.07 Å². The molecule has 0 N–H and O–H groups in total. The van der Waals surface area contributed by atoms with E-state index >= 15 is 0 Å². The van der Waals surface area contributed by atoms with Crippen molar-refractivity contribution in [1.82, 2.24) is 4.57 Å². The van der Waals surface area contributed by atoms with Crippen LogP contribution in [0.15, 0.2) is 41.3 Å². The zero-order chi connectivity index (χ0) is 14.1. The molecule has 0 radical (unpaired) electrons. The Balaban J connectivity index is 2.03. The van der Waals surface area contributed by atoms with E-state index in [-0.39, 0.29) is 5.56 Å². The molecule has 0 amide bonds. The summed E-state index contributed by atoms with van der Waals surface area (Å²) in [6.45, 7) is 4.42. The average molecular weight is 268 g/mol. The van der Waals surface area contributed by atoms with Gasteiger partial charge < -0.3 is 9.47 Å². The molecule has 0 fully saturated rings. The van der Waals surface area contributed by atoms with Gasteiger partial charge in [-0.25, -0.2) is 0 Å². The lowest BCUT2D eigenvalue weighted by Gasteiger charge is -2.30. The molecule has 0 bridgehead atoms. The van der Waals surface area contributed by atoms with Crippen LogP contribution in [0.25, 0.3) is 11.1 Å². The minimum atomic E-state index is 0.0314. The molecule has 0 spiro atoms. The lowest BCUT2D eigenvalue weighted by molar-refractivity contribution is 0.708. The topological polar surface area (TPSA) is 25.2 Å². The number of fused-ring (bicyclic) bond motifs is 1. The summed E-state index contributed by atoms with van der Waals surface area (Å²) >= 11 is 0. The van der Waals surface area contributed by atoms with Gasteiger partial charge in [-0.3, -0.25) is 4.79 Å². The van der Waals surface area contributed by atoms with E-state index < -0.39 is 0 Å². The molecule has 3 nitrogen and oxygen atoms in total. The lowest BCUT2D eigenvalue weighted by Crippen LogP contribution is -2.28. The van der Waals surface area contributed by atoms with E-state index in [1.54, 1.807) is 17.7 Å². The normalized spacial score (nSPS) is 14.2. The van der Waals surface area contributed by atoms with Crippen LogP contribution < -0.4 is 10.5 Å². The van der Waals surface area contributed by atoms with Crippen molar-refractivity contribution in [3.05, 3.63) is 52.4 Å². The first-order valence-electron chi connectivity index (χ1n) is 7.24. The zero-order valence-corrected chi connectivity index (χ0v) is 12.1. The third-order valence-corrected chi connectivity index (χ3v) is 4.10. The molecule has 1 aromatic carbocycles. The smallest absolute Gasteiger partial charge is 0.250 e. The fraction of sp³-hybridized carbons (Fsp3) is 0.353. The van der Waals surface area contributed by atoms with E-state index in [4.69, 9.17) is 0 Å². The van der Waals surface area contributed by atoms with Gasteiger partial charge in [0.1, 0.15) is 0 Å². The number of rotatable bonds is 2. The van der Waals surface area contributed by atoms with Crippen molar-refractivity contribution in [2.24, 2.45) is 7.05 Å². The molecule has 3 heteroatoms. The Morgan fingerprint density at radius 2 is 1.95 bits per heavy atom. The zero-order valence-electron chi connectivity index (χ0n) is 12.1. The standard InChI is InChI=1S/C17H20N2O/c1-3-19-10-4-5-14-11-13(6-8-16(14)19)15-7-9-17(20)18(2)12-15/h6-9,11-12H,3-5,10H2,1-2H3. The first-order chi connectivity index (χ1) is 9.69. The van der Waals surface area contributed by atoms with E-state index in [2.05, 4.69) is 30.0 Å². The van der Waals surface area contributed by atoms with Crippen molar-refractivity contribution in [1.29, 1.82) is 0 Å². The molecule has 0 saturated carbocycles. The van der Waals surface area contributed by atoms with Gasteiger partial charge >= 0.3 is 0 Å². The molecule has 1 aliphatic heterocycles. The summed E-state index contributed by atoms with van der Waals surface area (Å²) in [6, 6.07) is 10.2. The highest BCUT2D eigenvalue weighted by molar-refractivity contribution is 5.69. The van der Waals surface area contributed by atoms with Gasteiger partial charge in [0, 0.05) is 38.1 Å². The van der Waals surface area contributed by atoms with E-state index in [0.29, 0.717) is 0 Å². The SMILES string of the molecule is CCN1CCCc2cc(-c3ccc(=O)n(C)c3)ccc21. The van der Waals surface area contributed by atoms with E-state index in [1.165, 1.54) is 23.2 Å². The van der Waals surface area contributed by atoms with E-state index in [1.807, 2.05) is 12.3 Å². The summed E-state index contributed by atoms with van der Waals surface area (Å²) in [7, 11) is 1.79. The van der Waals surface area contributed by atoms with E-state index in [9.17, 15) is 4.79 Å². The number of aromatic nitrogens is 1. The van der Waals surface area contributed by atoms with Crippen molar-refractivity contribution in [3.8, 4) is 11.1 Å². The molecule has 2 aromatic rings. The van der Waals surface area contributed by atoms with Crippen LogP contribution >= 0.6 is 0 Å². The van der Waals surface area contributed by atoms with Crippen LogP contribution in [0.5, 0.6) is 0 Å². The highest BCUT2D eigenvalue weighted by atomic mass is 16.1. The maximum atomic E-state index is 11.5. The van der Waals surface area contributed by atoms with Crippen LogP contribution in [0.1, 0.15) is 18.9 Å². The summed E-state index contributed by atoms with van der Waals surface area (Å²) in [6.07, 6.45) is 4.27. The summed E-state index contributed by atoms with van der Waals surface area (Å²) in [4.78, 5) is 13.9.